The Hall–Kier alpha value is -2.84. The van der Waals surface area contributed by atoms with Crippen molar-refractivity contribution in [1.82, 2.24) is 14.1 Å². The smallest absolute Gasteiger partial charge is 0.274 e. The van der Waals surface area contributed by atoms with Gasteiger partial charge in [0.1, 0.15) is 16.8 Å². The maximum atomic E-state index is 11.5. The molecule has 0 aliphatic heterocycles. The van der Waals surface area contributed by atoms with Crippen LogP contribution in [0, 0.1) is 11.3 Å². The van der Waals surface area contributed by atoms with Gasteiger partial charge in [-0.25, -0.2) is 10.1 Å². The molecular weight excluding hydrogens is 434 g/mol. The van der Waals surface area contributed by atoms with Crippen LogP contribution in [0.3, 0.4) is 0 Å². The van der Waals surface area contributed by atoms with Crippen LogP contribution in [0.5, 0.6) is 5.75 Å². The number of aromatic nitrogens is 2. The van der Waals surface area contributed by atoms with Gasteiger partial charge in [-0.1, -0.05) is 18.2 Å². The van der Waals surface area contributed by atoms with Crippen LogP contribution in [0.25, 0.3) is 22.0 Å². The lowest BCUT2D eigenvalue weighted by Crippen LogP contribution is -2.33. The Morgan fingerprint density at radius 2 is 2.13 bits per heavy atom. The summed E-state index contributed by atoms with van der Waals surface area (Å²) < 4.78 is 35.6. The number of benzene rings is 2. The molecule has 0 saturated heterocycles. The number of nitrogens with two attached hydrogens (primary N) is 1. The van der Waals surface area contributed by atoms with Gasteiger partial charge in [-0.3, -0.25) is 0 Å². The molecule has 2 aromatic carbocycles. The zero-order valence-corrected chi connectivity index (χ0v) is 18.6. The molecule has 0 unspecified atom stereocenters. The van der Waals surface area contributed by atoms with Crippen LogP contribution >= 0.6 is 11.5 Å². The number of hydrogen-bond donors (Lipinski definition) is 2. The van der Waals surface area contributed by atoms with Crippen LogP contribution in [0.15, 0.2) is 36.4 Å². The number of nitriles is 1. The van der Waals surface area contributed by atoms with Crippen LogP contribution < -0.4 is 14.6 Å². The van der Waals surface area contributed by atoms with Gasteiger partial charge in [-0.2, -0.15) is 22.8 Å². The molecule has 160 valence electrons. The molecule has 0 radical (unpaired) electrons. The van der Waals surface area contributed by atoms with Gasteiger partial charge in [0.2, 0.25) is 0 Å². The van der Waals surface area contributed by atoms with Crippen molar-refractivity contribution in [3.8, 4) is 33.8 Å². The van der Waals surface area contributed by atoms with E-state index >= 15 is 0 Å². The highest BCUT2D eigenvalue weighted by Gasteiger charge is 2.28. The summed E-state index contributed by atoms with van der Waals surface area (Å²) in [7, 11) is -3.79. The van der Waals surface area contributed by atoms with Crippen molar-refractivity contribution in [2.24, 2.45) is 5.14 Å². The molecule has 1 atom stereocenters. The van der Waals surface area contributed by atoms with E-state index in [2.05, 4.69) is 20.1 Å². The molecule has 3 N–H and O–H groups in total. The van der Waals surface area contributed by atoms with E-state index in [1.165, 1.54) is 11.5 Å². The van der Waals surface area contributed by atoms with E-state index in [9.17, 15) is 13.7 Å². The van der Waals surface area contributed by atoms with E-state index in [0.717, 1.165) is 22.3 Å². The Bertz CT molecular complexity index is 1280. The Labute approximate surface area is 185 Å². The van der Waals surface area contributed by atoms with Crippen molar-refractivity contribution in [2.75, 3.05) is 0 Å². The standard InChI is InChI=1S/C21H21N5O3S2/c1-12(2)29-19-9-6-13(10-14(19)11-22)21-24-20(25-30-21)17-5-3-4-16-15(17)7-8-18(16)26-31(23,27)28/h3-6,9-10,12,18,26H,7-8H2,1-2H3,(H2,23,27,28)/t18-/m0/s1. The summed E-state index contributed by atoms with van der Waals surface area (Å²) in [5.74, 6) is 1.12. The van der Waals surface area contributed by atoms with Gasteiger partial charge in [-0.05, 0) is 67.5 Å². The molecule has 1 aromatic heterocycles. The molecule has 8 nitrogen and oxygen atoms in total. The Morgan fingerprint density at radius 3 is 2.84 bits per heavy atom. The first-order chi connectivity index (χ1) is 14.7. The zero-order chi connectivity index (χ0) is 22.2. The second-order valence-corrected chi connectivity index (χ2v) is 9.62. The minimum Gasteiger partial charge on any atom is -0.490 e. The minimum absolute atomic E-state index is 0.0289. The number of fused-ring (bicyclic) bond motifs is 1. The Kier molecular flexibility index (Phi) is 5.77. The van der Waals surface area contributed by atoms with E-state index in [1.807, 2.05) is 38.1 Å². The lowest BCUT2D eigenvalue weighted by atomic mass is 10.0. The summed E-state index contributed by atoms with van der Waals surface area (Å²) in [6.07, 6.45) is 1.30. The van der Waals surface area contributed by atoms with Crippen molar-refractivity contribution in [3.63, 3.8) is 0 Å². The topological polar surface area (TPSA) is 131 Å². The lowest BCUT2D eigenvalue weighted by Gasteiger charge is -2.12. The maximum absolute atomic E-state index is 11.5. The second kappa shape index (κ2) is 8.36. The lowest BCUT2D eigenvalue weighted by molar-refractivity contribution is 0.242. The number of nitrogens with one attached hydrogen (secondary N) is 1. The first-order valence-electron chi connectivity index (χ1n) is 9.72. The summed E-state index contributed by atoms with van der Waals surface area (Å²) >= 11 is 1.25. The van der Waals surface area contributed by atoms with E-state index < -0.39 is 10.2 Å². The van der Waals surface area contributed by atoms with E-state index in [1.54, 1.807) is 12.1 Å². The third-order valence-corrected chi connectivity index (χ3v) is 6.33. The summed E-state index contributed by atoms with van der Waals surface area (Å²) in [4.78, 5) is 4.69. The monoisotopic (exact) mass is 455 g/mol. The van der Waals surface area contributed by atoms with Crippen molar-refractivity contribution in [3.05, 3.63) is 53.1 Å². The van der Waals surface area contributed by atoms with Crippen LogP contribution in [0.1, 0.15) is 43.0 Å². The van der Waals surface area contributed by atoms with Crippen molar-refractivity contribution in [2.45, 2.75) is 38.8 Å². The zero-order valence-electron chi connectivity index (χ0n) is 17.0. The molecule has 0 bridgehead atoms. The van der Waals surface area contributed by atoms with E-state index in [4.69, 9.17) is 9.88 Å². The van der Waals surface area contributed by atoms with Crippen LogP contribution in [0.4, 0.5) is 0 Å². The van der Waals surface area contributed by atoms with Gasteiger partial charge in [0.25, 0.3) is 10.2 Å². The maximum Gasteiger partial charge on any atom is 0.274 e. The predicted molar refractivity (Wildman–Crippen MR) is 119 cm³/mol. The molecule has 3 aromatic rings. The average Bonchev–Trinajstić information content (AvgIpc) is 3.34. The number of hydrogen-bond acceptors (Lipinski definition) is 7. The first kappa shape index (κ1) is 21.4. The van der Waals surface area contributed by atoms with Crippen LogP contribution in [-0.2, 0) is 16.6 Å². The number of nitrogens with zero attached hydrogens (tertiary/aromatic N) is 3. The number of rotatable bonds is 6. The van der Waals surface area contributed by atoms with E-state index in [-0.39, 0.29) is 12.1 Å². The predicted octanol–water partition coefficient (Wildman–Crippen LogP) is 3.31. The molecule has 0 fully saturated rings. The largest absolute Gasteiger partial charge is 0.490 e. The Balaban J connectivity index is 1.66. The highest BCUT2D eigenvalue weighted by atomic mass is 32.2. The van der Waals surface area contributed by atoms with Crippen molar-refractivity contribution < 1.29 is 13.2 Å². The fourth-order valence-electron chi connectivity index (χ4n) is 3.74. The second-order valence-electron chi connectivity index (χ2n) is 7.54. The third kappa shape index (κ3) is 4.60. The SMILES string of the molecule is CC(C)Oc1ccc(-c2nc(-c3cccc4c3CC[C@@H]4NS(N)(=O)=O)ns2)cc1C#N. The summed E-state index contributed by atoms with van der Waals surface area (Å²) in [6, 6.07) is 12.9. The molecule has 0 spiro atoms. The Morgan fingerprint density at radius 1 is 1.32 bits per heavy atom. The van der Waals surface area contributed by atoms with Crippen LogP contribution in [-0.4, -0.2) is 23.9 Å². The van der Waals surface area contributed by atoms with Crippen LogP contribution in [0.2, 0.25) is 0 Å². The third-order valence-electron chi connectivity index (χ3n) is 4.95. The summed E-state index contributed by atoms with van der Waals surface area (Å²) in [6.45, 7) is 3.82. The fourth-order valence-corrected chi connectivity index (χ4v) is 5.05. The molecular formula is C21H21N5O3S2. The average molecular weight is 456 g/mol. The van der Waals surface area contributed by atoms with E-state index in [0.29, 0.717) is 35.0 Å². The van der Waals surface area contributed by atoms with Gasteiger partial charge in [0.15, 0.2) is 5.82 Å². The minimum atomic E-state index is -3.79. The van der Waals surface area contributed by atoms with Gasteiger partial charge < -0.3 is 4.74 Å². The van der Waals surface area contributed by atoms with Gasteiger partial charge in [0.05, 0.1) is 11.7 Å². The molecule has 1 heterocycles. The molecule has 31 heavy (non-hydrogen) atoms. The first-order valence-corrected chi connectivity index (χ1v) is 12.0. The van der Waals surface area contributed by atoms with Gasteiger partial charge in [0, 0.05) is 17.2 Å². The molecule has 1 aliphatic rings. The van der Waals surface area contributed by atoms with Crippen molar-refractivity contribution in [1.29, 1.82) is 5.26 Å². The van der Waals surface area contributed by atoms with Gasteiger partial charge in [-0.15, -0.1) is 0 Å². The van der Waals surface area contributed by atoms with Crippen molar-refractivity contribution >= 4 is 21.7 Å². The molecule has 0 saturated carbocycles. The number of ether oxygens (including phenoxy) is 1. The molecule has 1 aliphatic carbocycles. The highest BCUT2D eigenvalue weighted by molar-refractivity contribution is 7.87. The molecule has 4 rings (SSSR count). The highest BCUT2D eigenvalue weighted by Crippen LogP contribution is 2.38. The van der Waals surface area contributed by atoms with Gasteiger partial charge >= 0.3 is 0 Å². The quantitative estimate of drug-likeness (QED) is 0.586. The molecule has 10 heteroatoms. The fraction of sp³-hybridized carbons (Fsp3) is 0.286. The molecule has 0 amide bonds. The normalized spacial score (nSPS) is 15.6. The summed E-state index contributed by atoms with van der Waals surface area (Å²) in [5.41, 5.74) is 4.02. The summed E-state index contributed by atoms with van der Waals surface area (Å²) in [5, 5.41) is 15.3.